The highest BCUT2D eigenvalue weighted by molar-refractivity contribution is 5.81. The topological polar surface area (TPSA) is 55.6 Å². The molecule has 2 rings (SSSR count). The first-order valence-corrected chi connectivity index (χ1v) is 7.21. The van der Waals surface area contributed by atoms with Crippen LogP contribution in [0.4, 0.5) is 0 Å². The van der Waals surface area contributed by atoms with Crippen LogP contribution in [0.3, 0.4) is 0 Å². The molecule has 0 saturated carbocycles. The first-order valence-electron chi connectivity index (χ1n) is 7.21. The number of rotatable bonds is 4. The molecule has 0 spiro atoms. The number of amides is 1. The Morgan fingerprint density at radius 1 is 1.40 bits per heavy atom. The van der Waals surface area contributed by atoms with Gasteiger partial charge < -0.3 is 15.4 Å². The molecule has 1 saturated heterocycles. The van der Waals surface area contributed by atoms with Crippen LogP contribution in [-0.4, -0.2) is 36.6 Å². The van der Waals surface area contributed by atoms with E-state index in [2.05, 4.69) is 31.2 Å². The van der Waals surface area contributed by atoms with E-state index in [4.69, 9.17) is 10.5 Å². The normalized spacial score (nSPS) is 23.6. The van der Waals surface area contributed by atoms with Crippen molar-refractivity contribution in [3.63, 3.8) is 0 Å². The largest absolute Gasteiger partial charge is 0.364 e. The van der Waals surface area contributed by atoms with Crippen molar-refractivity contribution >= 4 is 5.91 Å². The molecule has 3 atom stereocenters. The van der Waals surface area contributed by atoms with E-state index >= 15 is 0 Å². The fraction of sp³-hybridized carbons (Fsp3) is 0.562. The minimum Gasteiger partial charge on any atom is -0.364 e. The van der Waals surface area contributed by atoms with Gasteiger partial charge in [0.1, 0.15) is 6.10 Å². The van der Waals surface area contributed by atoms with Crippen molar-refractivity contribution < 1.29 is 9.53 Å². The van der Waals surface area contributed by atoms with E-state index in [9.17, 15) is 4.79 Å². The van der Waals surface area contributed by atoms with Gasteiger partial charge >= 0.3 is 0 Å². The van der Waals surface area contributed by atoms with Crippen molar-refractivity contribution in [3.05, 3.63) is 35.4 Å². The molecule has 2 N–H and O–H groups in total. The first-order chi connectivity index (χ1) is 9.52. The number of nitrogens with zero attached hydrogens (tertiary/aromatic N) is 1. The fourth-order valence-electron chi connectivity index (χ4n) is 2.55. The Morgan fingerprint density at radius 3 is 2.60 bits per heavy atom. The molecular weight excluding hydrogens is 252 g/mol. The van der Waals surface area contributed by atoms with Gasteiger partial charge in [0.15, 0.2) is 0 Å². The summed E-state index contributed by atoms with van der Waals surface area (Å²) in [5, 5.41) is 0. The lowest BCUT2D eigenvalue weighted by molar-refractivity contribution is -0.143. The van der Waals surface area contributed by atoms with Gasteiger partial charge in [-0.2, -0.15) is 0 Å². The van der Waals surface area contributed by atoms with Crippen LogP contribution in [0.15, 0.2) is 24.3 Å². The van der Waals surface area contributed by atoms with Crippen LogP contribution in [0.2, 0.25) is 0 Å². The third-order valence-corrected chi connectivity index (χ3v) is 4.13. The summed E-state index contributed by atoms with van der Waals surface area (Å²) < 4.78 is 5.68. The number of aryl methyl sites for hydroxylation is 1. The van der Waals surface area contributed by atoms with E-state index in [-0.39, 0.29) is 24.2 Å². The second-order valence-corrected chi connectivity index (χ2v) is 5.60. The summed E-state index contributed by atoms with van der Waals surface area (Å²) >= 11 is 0. The zero-order valence-corrected chi connectivity index (χ0v) is 12.5. The molecule has 0 radical (unpaired) electrons. The fourth-order valence-corrected chi connectivity index (χ4v) is 2.55. The third-order valence-electron chi connectivity index (χ3n) is 4.13. The molecule has 110 valence electrons. The number of carbonyl (C=O) groups is 1. The number of nitrogens with two attached hydrogens (primary N) is 1. The summed E-state index contributed by atoms with van der Waals surface area (Å²) in [6.45, 7) is 4.58. The minimum absolute atomic E-state index is 0.0343. The van der Waals surface area contributed by atoms with Crippen LogP contribution in [0, 0.1) is 6.92 Å². The van der Waals surface area contributed by atoms with Crippen LogP contribution in [-0.2, 0) is 9.53 Å². The van der Waals surface area contributed by atoms with Crippen molar-refractivity contribution in [1.82, 2.24) is 4.90 Å². The zero-order valence-electron chi connectivity index (χ0n) is 12.5. The predicted molar refractivity (Wildman–Crippen MR) is 79.3 cm³/mol. The van der Waals surface area contributed by atoms with Gasteiger partial charge in [0, 0.05) is 13.6 Å². The van der Waals surface area contributed by atoms with Crippen LogP contribution in [0.25, 0.3) is 0 Å². The Kier molecular flexibility index (Phi) is 4.78. The Balaban J connectivity index is 2.01. The molecule has 1 aliphatic heterocycles. The number of hydrogen-bond donors (Lipinski definition) is 1. The number of ether oxygens (including phenoxy) is 1. The maximum Gasteiger partial charge on any atom is 0.251 e. The van der Waals surface area contributed by atoms with Gasteiger partial charge in [-0.3, -0.25) is 4.79 Å². The summed E-state index contributed by atoms with van der Waals surface area (Å²) in [6.07, 6.45) is 1.35. The summed E-state index contributed by atoms with van der Waals surface area (Å²) in [5.41, 5.74) is 7.95. The molecule has 1 unspecified atom stereocenters. The third kappa shape index (κ3) is 3.19. The number of likely N-dealkylation sites (N-methyl/N-ethyl adjacent to an activating group) is 1. The molecule has 1 aromatic carbocycles. The van der Waals surface area contributed by atoms with Gasteiger partial charge in [-0.1, -0.05) is 29.8 Å². The Hall–Kier alpha value is -1.39. The summed E-state index contributed by atoms with van der Waals surface area (Å²) in [6, 6.07) is 8.33. The van der Waals surface area contributed by atoms with E-state index in [1.165, 1.54) is 5.56 Å². The number of hydrogen-bond acceptors (Lipinski definition) is 3. The highest BCUT2D eigenvalue weighted by Gasteiger charge is 2.33. The quantitative estimate of drug-likeness (QED) is 0.915. The Labute approximate surface area is 120 Å². The summed E-state index contributed by atoms with van der Waals surface area (Å²) in [4.78, 5) is 14.2. The van der Waals surface area contributed by atoms with Crippen molar-refractivity contribution in [1.29, 1.82) is 0 Å². The van der Waals surface area contributed by atoms with Crippen LogP contribution in [0.5, 0.6) is 0 Å². The monoisotopic (exact) mass is 276 g/mol. The van der Waals surface area contributed by atoms with E-state index in [0.29, 0.717) is 6.54 Å². The van der Waals surface area contributed by atoms with Crippen LogP contribution >= 0.6 is 0 Å². The lowest BCUT2D eigenvalue weighted by Crippen LogP contribution is -2.38. The molecule has 0 aliphatic carbocycles. The van der Waals surface area contributed by atoms with E-state index < -0.39 is 0 Å². The van der Waals surface area contributed by atoms with Crippen LogP contribution in [0.1, 0.15) is 36.9 Å². The molecule has 4 heteroatoms. The van der Waals surface area contributed by atoms with E-state index in [0.717, 1.165) is 18.4 Å². The molecule has 4 nitrogen and oxygen atoms in total. The van der Waals surface area contributed by atoms with Gasteiger partial charge in [-0.05, 0) is 32.3 Å². The SMILES string of the molecule is Cc1ccc(C(C)N(C)C(=O)[C@@H]2CC[C@H](CN)O2)cc1. The Morgan fingerprint density at radius 2 is 2.05 bits per heavy atom. The lowest BCUT2D eigenvalue weighted by atomic mass is 10.0. The van der Waals surface area contributed by atoms with Gasteiger partial charge in [-0.15, -0.1) is 0 Å². The van der Waals surface area contributed by atoms with Crippen LogP contribution < -0.4 is 5.73 Å². The lowest BCUT2D eigenvalue weighted by Gasteiger charge is -2.28. The van der Waals surface area contributed by atoms with Gasteiger partial charge in [0.2, 0.25) is 0 Å². The van der Waals surface area contributed by atoms with Gasteiger partial charge in [0.05, 0.1) is 12.1 Å². The molecule has 1 aromatic rings. The van der Waals surface area contributed by atoms with Crippen molar-refractivity contribution in [3.8, 4) is 0 Å². The minimum atomic E-state index is -0.332. The molecule has 1 amide bonds. The molecule has 1 aliphatic rings. The van der Waals surface area contributed by atoms with E-state index in [1.807, 2.05) is 14.0 Å². The van der Waals surface area contributed by atoms with Crippen molar-refractivity contribution in [2.75, 3.05) is 13.6 Å². The smallest absolute Gasteiger partial charge is 0.251 e. The van der Waals surface area contributed by atoms with Crippen molar-refractivity contribution in [2.45, 2.75) is 44.9 Å². The molecule has 0 bridgehead atoms. The molecule has 0 aromatic heterocycles. The molecule has 20 heavy (non-hydrogen) atoms. The summed E-state index contributed by atoms with van der Waals surface area (Å²) in [5.74, 6) is 0.0500. The zero-order chi connectivity index (χ0) is 14.7. The number of benzene rings is 1. The average Bonchev–Trinajstić information content (AvgIpc) is 2.94. The molecular formula is C16H24N2O2. The Bertz CT molecular complexity index is 458. The second kappa shape index (κ2) is 6.37. The van der Waals surface area contributed by atoms with Gasteiger partial charge in [0.25, 0.3) is 5.91 Å². The molecule has 1 heterocycles. The maximum absolute atomic E-state index is 12.4. The van der Waals surface area contributed by atoms with E-state index in [1.54, 1.807) is 4.90 Å². The highest BCUT2D eigenvalue weighted by Crippen LogP contribution is 2.25. The maximum atomic E-state index is 12.4. The van der Waals surface area contributed by atoms with Crippen molar-refractivity contribution in [2.24, 2.45) is 5.73 Å². The summed E-state index contributed by atoms with van der Waals surface area (Å²) in [7, 11) is 1.84. The predicted octanol–water partition coefficient (Wildman–Crippen LogP) is 2.02. The number of carbonyl (C=O) groups excluding carboxylic acids is 1. The first kappa shape index (κ1) is 15.0. The van der Waals surface area contributed by atoms with Gasteiger partial charge in [-0.25, -0.2) is 0 Å². The average molecular weight is 276 g/mol. The molecule has 1 fully saturated rings. The second-order valence-electron chi connectivity index (χ2n) is 5.60. The highest BCUT2D eigenvalue weighted by atomic mass is 16.5. The standard InChI is InChI=1S/C16H24N2O2/c1-11-4-6-13(7-5-11)12(2)18(3)16(19)15-9-8-14(10-17)20-15/h4-7,12,14-15H,8-10,17H2,1-3H3/t12?,14-,15+/m1/s1.